The topological polar surface area (TPSA) is 8.17 Å². The summed E-state index contributed by atoms with van der Waals surface area (Å²) in [5, 5.41) is 10.1. The maximum absolute atomic E-state index is 2.70. The molecule has 0 bridgehead atoms. The molecule has 0 saturated carbocycles. The van der Waals surface area contributed by atoms with Gasteiger partial charge >= 0.3 is 6.85 Å². The number of hydrogen-bond donors (Lipinski definition) is 0. The summed E-state index contributed by atoms with van der Waals surface area (Å²) in [6.45, 7) is 9.02. The van der Waals surface area contributed by atoms with E-state index in [0.717, 1.165) is 0 Å². The van der Waals surface area contributed by atoms with E-state index in [4.69, 9.17) is 0 Å². The molecule has 56 heavy (non-hydrogen) atoms. The Bertz CT molecular complexity index is 3290. The Balaban J connectivity index is 1.22. The monoisotopic (exact) mass is 732 g/mol. The van der Waals surface area contributed by atoms with Gasteiger partial charge in [-0.05, 0) is 147 Å². The van der Waals surface area contributed by atoms with Gasteiger partial charge in [0.05, 0.1) is 5.69 Å². The molecule has 0 fully saturated rings. The summed E-state index contributed by atoms with van der Waals surface area (Å²) in [6, 6.07) is 55.0. The molecule has 0 amide bonds. The number of anilines is 3. The Morgan fingerprint density at radius 3 is 1.84 bits per heavy atom. The van der Waals surface area contributed by atoms with Gasteiger partial charge in [-0.2, -0.15) is 0 Å². The van der Waals surface area contributed by atoms with Crippen molar-refractivity contribution in [3.05, 3.63) is 173 Å². The van der Waals surface area contributed by atoms with Crippen LogP contribution in [0.15, 0.2) is 151 Å². The minimum absolute atomic E-state index is 0.0205. The minimum Gasteiger partial charge on any atom is -0.375 e. The van der Waals surface area contributed by atoms with E-state index in [9.17, 15) is 0 Å². The lowest BCUT2D eigenvalue weighted by Gasteiger charge is -2.38. The third-order valence-electron chi connectivity index (χ3n) is 12.7. The summed E-state index contributed by atoms with van der Waals surface area (Å²) in [5.41, 5.74) is 20.8. The van der Waals surface area contributed by atoms with Crippen molar-refractivity contribution in [3.8, 4) is 32.7 Å². The van der Waals surface area contributed by atoms with E-state index in [2.05, 4.69) is 188 Å². The van der Waals surface area contributed by atoms with Crippen molar-refractivity contribution in [3.63, 3.8) is 0 Å². The zero-order valence-corrected chi connectivity index (χ0v) is 32.6. The quantitative estimate of drug-likeness (QED) is 0.164. The molecular weight excluding hydrogens is 695 g/mol. The second-order valence-corrected chi connectivity index (χ2v) is 16.8. The normalized spacial score (nSPS) is 12.9. The lowest BCUT2D eigenvalue weighted by Crippen LogP contribution is -2.55. The van der Waals surface area contributed by atoms with Gasteiger partial charge in [-0.1, -0.05) is 103 Å². The molecule has 8 aromatic carbocycles. The van der Waals surface area contributed by atoms with Crippen LogP contribution in [0.2, 0.25) is 0 Å². The predicted octanol–water partition coefficient (Wildman–Crippen LogP) is 13.1. The van der Waals surface area contributed by atoms with Gasteiger partial charge < -0.3 is 9.38 Å². The second-order valence-electron chi connectivity index (χ2n) is 15.9. The van der Waals surface area contributed by atoms with Crippen molar-refractivity contribution >= 4 is 89.5 Å². The maximum atomic E-state index is 2.70. The van der Waals surface area contributed by atoms with Crippen LogP contribution in [-0.2, 0) is 0 Å². The van der Waals surface area contributed by atoms with Gasteiger partial charge in [0.2, 0.25) is 0 Å². The lowest BCUT2D eigenvalue weighted by molar-refractivity contribution is 1.27. The van der Waals surface area contributed by atoms with E-state index >= 15 is 0 Å². The molecule has 0 aliphatic carbocycles. The predicted molar refractivity (Wildman–Crippen MR) is 243 cm³/mol. The highest BCUT2D eigenvalue weighted by Gasteiger charge is 2.44. The fourth-order valence-corrected chi connectivity index (χ4v) is 11.4. The van der Waals surface area contributed by atoms with Crippen LogP contribution < -0.4 is 15.8 Å². The summed E-state index contributed by atoms with van der Waals surface area (Å²) in [5.74, 6) is 0. The number of hydrogen-bond acceptors (Lipinski definition) is 2. The van der Waals surface area contributed by atoms with Crippen molar-refractivity contribution in [2.45, 2.75) is 27.7 Å². The molecule has 10 aromatic rings. The summed E-state index contributed by atoms with van der Waals surface area (Å²) >= 11 is 1.91. The largest absolute Gasteiger partial charge is 0.375 e. The molecule has 2 nitrogen and oxygen atoms in total. The Labute approximate surface area is 331 Å². The molecule has 264 valence electrons. The van der Waals surface area contributed by atoms with E-state index in [0.29, 0.717) is 0 Å². The SMILES string of the molecule is Cc1cccc(C)c1-c1ccc2c(c1)c1cc(-c3c(C)cccc3C)cc3c1n2B1c2cc4ccccc4cc2N(c2ccc4ccccc4c2)c2csc-3c21. The summed E-state index contributed by atoms with van der Waals surface area (Å²) < 4.78 is 2.70. The smallest absolute Gasteiger partial charge is 0.333 e. The van der Waals surface area contributed by atoms with E-state index in [1.54, 1.807) is 0 Å². The molecule has 0 radical (unpaired) electrons. The molecule has 2 aromatic heterocycles. The zero-order chi connectivity index (χ0) is 37.4. The highest BCUT2D eigenvalue weighted by molar-refractivity contribution is 7.17. The molecule has 4 heterocycles. The number of rotatable bonds is 3. The molecule has 2 aliphatic heterocycles. The van der Waals surface area contributed by atoms with Crippen LogP contribution in [0.3, 0.4) is 0 Å². The van der Waals surface area contributed by atoms with Crippen molar-refractivity contribution in [1.29, 1.82) is 0 Å². The molecule has 0 N–H and O–H groups in total. The van der Waals surface area contributed by atoms with Crippen LogP contribution in [0.25, 0.3) is 76.0 Å². The first-order valence-corrected chi connectivity index (χ1v) is 20.5. The van der Waals surface area contributed by atoms with Gasteiger partial charge in [-0.15, -0.1) is 11.3 Å². The van der Waals surface area contributed by atoms with Gasteiger partial charge in [0.1, 0.15) is 0 Å². The standard InChI is InChI=1S/C52H37BN2S/c1-30-11-9-12-31(2)48(30)38-20-22-45-41(24-38)42-25-39(49-32(3)13-10-14-33(49)4)26-43-51(42)55(45)53-44-27-36-17-7-8-18-37(36)28-46(44)54(47-29-56-52(43)50(47)53)40-21-19-34-15-5-6-16-35(34)23-40/h5-29H,1-4H3. The summed E-state index contributed by atoms with van der Waals surface area (Å²) in [6.07, 6.45) is 0. The average molecular weight is 733 g/mol. The highest BCUT2D eigenvalue weighted by atomic mass is 32.1. The lowest BCUT2D eigenvalue weighted by atomic mass is 9.46. The number of nitrogens with zero attached hydrogens (tertiary/aromatic N) is 2. The summed E-state index contributed by atoms with van der Waals surface area (Å²) in [7, 11) is 0. The number of aryl methyl sites for hydroxylation is 4. The molecule has 0 unspecified atom stereocenters. The molecule has 4 heteroatoms. The minimum atomic E-state index is 0.0205. The molecule has 12 rings (SSSR count). The molecule has 2 aliphatic rings. The van der Waals surface area contributed by atoms with Gasteiger partial charge in [-0.25, -0.2) is 0 Å². The van der Waals surface area contributed by atoms with Crippen LogP contribution >= 0.6 is 11.3 Å². The average Bonchev–Trinajstić information content (AvgIpc) is 3.79. The molecule has 0 spiro atoms. The molecule has 0 atom stereocenters. The van der Waals surface area contributed by atoms with E-state index in [1.165, 1.54) is 126 Å². The number of thiophene rings is 1. The number of benzene rings is 8. The van der Waals surface area contributed by atoms with Crippen LogP contribution in [0.1, 0.15) is 22.3 Å². The van der Waals surface area contributed by atoms with Crippen LogP contribution in [0.4, 0.5) is 17.1 Å². The fourth-order valence-electron chi connectivity index (χ4n) is 10.3. The Hall–Kier alpha value is -6.36. The van der Waals surface area contributed by atoms with E-state index in [-0.39, 0.29) is 6.85 Å². The first-order valence-electron chi connectivity index (χ1n) is 19.6. The maximum Gasteiger partial charge on any atom is 0.333 e. The fraction of sp³-hybridized carbons (Fsp3) is 0.0769. The van der Waals surface area contributed by atoms with E-state index in [1.807, 2.05) is 11.3 Å². The van der Waals surface area contributed by atoms with Gasteiger partial charge in [0.15, 0.2) is 0 Å². The van der Waals surface area contributed by atoms with Crippen molar-refractivity contribution < 1.29 is 0 Å². The molecular formula is C52H37BN2S. The van der Waals surface area contributed by atoms with Gasteiger partial charge in [0.25, 0.3) is 0 Å². The molecule has 0 saturated heterocycles. The first-order chi connectivity index (χ1) is 27.4. The summed E-state index contributed by atoms with van der Waals surface area (Å²) in [4.78, 5) is 3.92. The van der Waals surface area contributed by atoms with Crippen LogP contribution in [0.5, 0.6) is 0 Å². The Morgan fingerprint density at radius 1 is 0.500 bits per heavy atom. The van der Waals surface area contributed by atoms with Gasteiger partial charge in [-0.3, -0.25) is 0 Å². The van der Waals surface area contributed by atoms with Crippen molar-refractivity contribution in [2.24, 2.45) is 0 Å². The Morgan fingerprint density at radius 2 is 1.12 bits per heavy atom. The third-order valence-corrected chi connectivity index (χ3v) is 13.7. The van der Waals surface area contributed by atoms with E-state index < -0.39 is 0 Å². The van der Waals surface area contributed by atoms with Gasteiger partial charge in [0, 0.05) is 49.0 Å². The van der Waals surface area contributed by atoms with Crippen LogP contribution in [0, 0.1) is 27.7 Å². The van der Waals surface area contributed by atoms with Crippen LogP contribution in [-0.4, -0.2) is 11.3 Å². The zero-order valence-electron chi connectivity index (χ0n) is 31.8. The number of aromatic nitrogens is 1. The third kappa shape index (κ3) is 4.33. The highest BCUT2D eigenvalue weighted by Crippen LogP contribution is 2.50. The first kappa shape index (κ1) is 31.9. The number of fused-ring (bicyclic) bond motifs is 9. The van der Waals surface area contributed by atoms with Crippen molar-refractivity contribution in [1.82, 2.24) is 4.48 Å². The second kappa shape index (κ2) is 11.6. The Kier molecular flexibility index (Phi) is 6.61. The van der Waals surface area contributed by atoms with Crippen molar-refractivity contribution in [2.75, 3.05) is 4.90 Å².